The summed E-state index contributed by atoms with van der Waals surface area (Å²) in [5.41, 5.74) is 0. The molecule has 0 spiro atoms. The lowest BCUT2D eigenvalue weighted by molar-refractivity contribution is -0.872. The van der Waals surface area contributed by atoms with Gasteiger partial charge in [0.2, 0.25) is 5.37 Å². The Morgan fingerprint density at radius 2 is 1.89 bits per heavy atom. The van der Waals surface area contributed by atoms with Crippen molar-refractivity contribution in [3.05, 3.63) is 0 Å². The van der Waals surface area contributed by atoms with Gasteiger partial charge in [-0.05, 0) is 6.26 Å². The summed E-state index contributed by atoms with van der Waals surface area (Å²) in [6, 6.07) is 2.23. The molecule has 2 nitrogen and oxygen atoms in total. The summed E-state index contributed by atoms with van der Waals surface area (Å²) in [6.45, 7) is 0. The molecule has 0 aromatic rings. The number of thioether (sulfide) groups is 1. The van der Waals surface area contributed by atoms with Gasteiger partial charge in [0.25, 0.3) is 0 Å². The van der Waals surface area contributed by atoms with Crippen LogP contribution in [0.15, 0.2) is 0 Å². The van der Waals surface area contributed by atoms with Crippen molar-refractivity contribution in [3.63, 3.8) is 0 Å². The maximum absolute atomic E-state index is 8.58. The second-order valence-corrected chi connectivity index (χ2v) is 3.75. The normalized spacial score (nSPS) is 14.6. The Bertz CT molecular complexity index is 120. The van der Waals surface area contributed by atoms with Gasteiger partial charge in [0, 0.05) is 0 Å². The third-order valence-electron chi connectivity index (χ3n) is 1.04. The van der Waals surface area contributed by atoms with Crippen molar-refractivity contribution >= 4 is 11.8 Å². The van der Waals surface area contributed by atoms with Gasteiger partial charge in [-0.25, -0.2) is 0 Å². The maximum atomic E-state index is 8.58. The largest absolute Gasteiger partial charge is 0.308 e. The average Bonchev–Trinajstić information content (AvgIpc) is 1.65. The van der Waals surface area contributed by atoms with Crippen LogP contribution in [-0.2, 0) is 0 Å². The van der Waals surface area contributed by atoms with Crippen molar-refractivity contribution in [2.24, 2.45) is 0 Å². The Morgan fingerprint density at radius 3 is 1.89 bits per heavy atom. The van der Waals surface area contributed by atoms with Crippen LogP contribution >= 0.6 is 11.8 Å². The number of nitriles is 1. The van der Waals surface area contributed by atoms with E-state index in [0.29, 0.717) is 4.48 Å². The summed E-state index contributed by atoms with van der Waals surface area (Å²) in [5, 5.41) is 8.64. The molecule has 1 unspecified atom stereocenters. The lowest BCUT2D eigenvalue weighted by Gasteiger charge is -2.27. The maximum Gasteiger partial charge on any atom is 0.222 e. The van der Waals surface area contributed by atoms with Crippen LogP contribution in [-0.4, -0.2) is 37.3 Å². The molecule has 0 rings (SSSR count). The highest BCUT2D eigenvalue weighted by molar-refractivity contribution is 7.99. The molecule has 0 aromatic carbocycles. The Kier molecular flexibility index (Phi) is 3.02. The molecule has 0 saturated carbocycles. The van der Waals surface area contributed by atoms with E-state index in [1.807, 2.05) is 27.4 Å². The van der Waals surface area contributed by atoms with Gasteiger partial charge in [0.1, 0.15) is 6.07 Å². The van der Waals surface area contributed by atoms with E-state index in [1.54, 1.807) is 11.8 Å². The van der Waals surface area contributed by atoms with Gasteiger partial charge < -0.3 is 4.48 Å². The molecule has 0 radical (unpaired) electrons. The zero-order valence-corrected chi connectivity index (χ0v) is 7.20. The Hall–Kier alpha value is -0.200. The lowest BCUT2D eigenvalue weighted by atomic mass is 10.5. The molecule has 0 saturated heterocycles. The monoisotopic (exact) mass is 145 g/mol. The van der Waals surface area contributed by atoms with Gasteiger partial charge >= 0.3 is 0 Å². The molecule has 0 aliphatic rings. The zero-order chi connectivity index (χ0) is 7.49. The summed E-state index contributed by atoms with van der Waals surface area (Å²) in [4.78, 5) is 0. The van der Waals surface area contributed by atoms with E-state index in [0.717, 1.165) is 0 Å². The van der Waals surface area contributed by atoms with Crippen LogP contribution in [0.3, 0.4) is 0 Å². The average molecular weight is 145 g/mol. The van der Waals surface area contributed by atoms with Crippen LogP contribution in [0.4, 0.5) is 0 Å². The summed E-state index contributed by atoms with van der Waals surface area (Å²) in [7, 11) is 6.05. The molecule has 0 aliphatic carbocycles. The van der Waals surface area contributed by atoms with Gasteiger partial charge in [0.15, 0.2) is 0 Å². The molecule has 0 amide bonds. The number of rotatable bonds is 2. The summed E-state index contributed by atoms with van der Waals surface area (Å²) < 4.78 is 0.706. The highest BCUT2D eigenvalue weighted by Crippen LogP contribution is 2.12. The van der Waals surface area contributed by atoms with E-state index in [9.17, 15) is 0 Å². The smallest absolute Gasteiger partial charge is 0.222 e. The Morgan fingerprint density at radius 1 is 1.44 bits per heavy atom. The SMILES string of the molecule is CSC(C#N)[N+](C)(C)C. The highest BCUT2D eigenvalue weighted by atomic mass is 32.2. The molecule has 0 fully saturated rings. The van der Waals surface area contributed by atoms with Crippen molar-refractivity contribution in [2.45, 2.75) is 5.37 Å². The van der Waals surface area contributed by atoms with Crippen LogP contribution in [0.25, 0.3) is 0 Å². The standard InChI is InChI=1S/C6H13N2S/c1-8(2,3)6(5-7)9-4/h6H,1-4H3/q+1. The zero-order valence-electron chi connectivity index (χ0n) is 6.38. The molecule has 3 heteroatoms. The summed E-state index contributed by atoms with van der Waals surface area (Å²) >= 11 is 1.59. The molecule has 0 heterocycles. The van der Waals surface area contributed by atoms with Gasteiger partial charge in [-0.3, -0.25) is 0 Å². The fourth-order valence-electron chi connectivity index (χ4n) is 0.542. The predicted molar refractivity (Wildman–Crippen MR) is 40.9 cm³/mol. The first-order valence-electron chi connectivity index (χ1n) is 2.76. The van der Waals surface area contributed by atoms with E-state index in [1.165, 1.54) is 0 Å². The minimum atomic E-state index is 0.0602. The topological polar surface area (TPSA) is 23.8 Å². The number of nitrogens with zero attached hydrogens (tertiary/aromatic N) is 2. The van der Waals surface area contributed by atoms with Crippen molar-refractivity contribution in [2.75, 3.05) is 27.4 Å². The lowest BCUT2D eigenvalue weighted by Crippen LogP contribution is -2.41. The summed E-state index contributed by atoms with van der Waals surface area (Å²) in [6.07, 6.45) is 1.96. The molecular formula is C6H13N2S+. The van der Waals surface area contributed by atoms with Crippen LogP contribution in [0.2, 0.25) is 0 Å². The molecule has 0 N–H and O–H groups in total. The van der Waals surface area contributed by atoms with E-state index in [4.69, 9.17) is 5.26 Å². The highest BCUT2D eigenvalue weighted by Gasteiger charge is 2.20. The quantitative estimate of drug-likeness (QED) is 0.426. The first-order valence-corrected chi connectivity index (χ1v) is 4.04. The molecule has 0 aromatic heterocycles. The third-order valence-corrected chi connectivity index (χ3v) is 2.22. The van der Waals surface area contributed by atoms with E-state index in [-0.39, 0.29) is 5.37 Å². The van der Waals surface area contributed by atoms with Crippen LogP contribution in [0.5, 0.6) is 0 Å². The third kappa shape index (κ3) is 2.73. The second kappa shape index (κ2) is 3.09. The number of hydrogen-bond acceptors (Lipinski definition) is 2. The number of hydrogen-bond donors (Lipinski definition) is 0. The fraction of sp³-hybridized carbons (Fsp3) is 0.833. The molecule has 9 heavy (non-hydrogen) atoms. The van der Waals surface area contributed by atoms with Gasteiger partial charge in [-0.15, -0.1) is 0 Å². The minimum absolute atomic E-state index is 0.0602. The molecule has 0 bridgehead atoms. The first kappa shape index (κ1) is 8.80. The second-order valence-electron chi connectivity index (χ2n) is 2.83. The molecule has 0 aliphatic heterocycles. The minimum Gasteiger partial charge on any atom is -0.308 e. The van der Waals surface area contributed by atoms with Gasteiger partial charge in [-0.2, -0.15) is 5.26 Å². The van der Waals surface area contributed by atoms with E-state index >= 15 is 0 Å². The van der Waals surface area contributed by atoms with Crippen molar-refractivity contribution in [1.82, 2.24) is 0 Å². The van der Waals surface area contributed by atoms with Crippen molar-refractivity contribution in [3.8, 4) is 6.07 Å². The van der Waals surface area contributed by atoms with Crippen LogP contribution < -0.4 is 0 Å². The molecule has 1 atom stereocenters. The van der Waals surface area contributed by atoms with E-state index < -0.39 is 0 Å². The van der Waals surface area contributed by atoms with Crippen LogP contribution in [0, 0.1) is 11.3 Å². The Labute approximate surface area is 61.0 Å². The fourth-order valence-corrected chi connectivity index (χ4v) is 1.28. The first-order chi connectivity index (χ1) is 4.02. The molecule has 52 valence electrons. The van der Waals surface area contributed by atoms with Gasteiger partial charge in [-0.1, -0.05) is 11.8 Å². The number of quaternary nitrogens is 1. The van der Waals surface area contributed by atoms with Crippen LogP contribution in [0.1, 0.15) is 0 Å². The molecular weight excluding hydrogens is 132 g/mol. The van der Waals surface area contributed by atoms with Crippen molar-refractivity contribution < 1.29 is 4.48 Å². The summed E-state index contributed by atoms with van der Waals surface area (Å²) in [5.74, 6) is 0. The predicted octanol–water partition coefficient (Wildman–Crippen LogP) is 0.905. The van der Waals surface area contributed by atoms with Crippen molar-refractivity contribution in [1.29, 1.82) is 5.26 Å². The van der Waals surface area contributed by atoms with E-state index in [2.05, 4.69) is 6.07 Å². The Balaban J connectivity index is 4.00. The van der Waals surface area contributed by atoms with Gasteiger partial charge in [0.05, 0.1) is 21.1 Å².